The van der Waals surface area contributed by atoms with Gasteiger partial charge in [-0.25, -0.2) is 9.48 Å². The molecule has 102 valence electrons. The number of aryl methyl sites for hydroxylation is 1. The number of nitrogens with zero attached hydrogens (tertiary/aromatic N) is 3. The van der Waals surface area contributed by atoms with Crippen LogP contribution in [0.5, 0.6) is 0 Å². The number of carbonyl (C=O) groups is 1. The SMILES string of the molecule is Cn1nnc2cc(NC(=O)NCc3ccco3)ccc21. The van der Waals surface area contributed by atoms with Crippen LogP contribution in [0.1, 0.15) is 5.76 Å². The van der Waals surface area contributed by atoms with Crippen molar-refractivity contribution in [3.8, 4) is 0 Å². The molecule has 3 aromatic rings. The van der Waals surface area contributed by atoms with Crippen molar-refractivity contribution in [2.24, 2.45) is 7.05 Å². The molecule has 0 atom stereocenters. The molecular formula is C13H13N5O2. The van der Waals surface area contributed by atoms with E-state index < -0.39 is 0 Å². The van der Waals surface area contributed by atoms with E-state index in [0.29, 0.717) is 18.0 Å². The molecule has 0 radical (unpaired) electrons. The summed E-state index contributed by atoms with van der Waals surface area (Å²) in [7, 11) is 1.82. The molecule has 0 saturated heterocycles. The number of furan rings is 1. The molecule has 7 heteroatoms. The molecule has 0 saturated carbocycles. The number of aromatic nitrogens is 3. The van der Waals surface area contributed by atoms with Gasteiger partial charge in [-0.05, 0) is 30.3 Å². The highest BCUT2D eigenvalue weighted by Gasteiger charge is 2.06. The van der Waals surface area contributed by atoms with Gasteiger partial charge in [0, 0.05) is 12.7 Å². The van der Waals surface area contributed by atoms with Crippen LogP contribution in [0.4, 0.5) is 10.5 Å². The molecule has 2 heterocycles. The highest BCUT2D eigenvalue weighted by molar-refractivity contribution is 5.91. The summed E-state index contributed by atoms with van der Waals surface area (Å²) in [4.78, 5) is 11.7. The fraction of sp³-hybridized carbons (Fsp3) is 0.154. The van der Waals surface area contributed by atoms with Crippen LogP contribution in [0.3, 0.4) is 0 Å². The van der Waals surface area contributed by atoms with Crippen LogP contribution >= 0.6 is 0 Å². The van der Waals surface area contributed by atoms with Crippen molar-refractivity contribution in [1.82, 2.24) is 20.3 Å². The molecule has 7 nitrogen and oxygen atoms in total. The molecule has 3 rings (SSSR count). The maximum Gasteiger partial charge on any atom is 0.319 e. The van der Waals surface area contributed by atoms with Crippen molar-refractivity contribution in [3.63, 3.8) is 0 Å². The molecule has 2 aromatic heterocycles. The average Bonchev–Trinajstić information content (AvgIpc) is 3.07. The van der Waals surface area contributed by atoms with E-state index in [1.165, 1.54) is 0 Å². The van der Waals surface area contributed by atoms with Gasteiger partial charge in [0.25, 0.3) is 0 Å². The monoisotopic (exact) mass is 271 g/mol. The van der Waals surface area contributed by atoms with Gasteiger partial charge in [-0.1, -0.05) is 5.21 Å². The number of nitrogens with one attached hydrogen (secondary N) is 2. The standard InChI is InChI=1S/C13H13N5O2/c1-18-12-5-4-9(7-11(12)16-17-18)15-13(19)14-8-10-3-2-6-20-10/h2-7H,8H2,1H3,(H2,14,15,19). The maximum atomic E-state index is 11.7. The smallest absolute Gasteiger partial charge is 0.319 e. The van der Waals surface area contributed by atoms with E-state index in [4.69, 9.17) is 4.42 Å². The number of benzene rings is 1. The topological polar surface area (TPSA) is 85.0 Å². The van der Waals surface area contributed by atoms with Crippen LogP contribution in [-0.4, -0.2) is 21.0 Å². The Bertz CT molecular complexity index is 732. The van der Waals surface area contributed by atoms with Gasteiger partial charge in [0.2, 0.25) is 0 Å². The van der Waals surface area contributed by atoms with Crippen LogP contribution in [0.15, 0.2) is 41.0 Å². The molecule has 0 unspecified atom stereocenters. The maximum absolute atomic E-state index is 11.7. The van der Waals surface area contributed by atoms with Gasteiger partial charge in [0.15, 0.2) is 0 Å². The Morgan fingerprint density at radius 3 is 3.10 bits per heavy atom. The number of hydrogen-bond acceptors (Lipinski definition) is 4. The molecule has 20 heavy (non-hydrogen) atoms. The summed E-state index contributed by atoms with van der Waals surface area (Å²) >= 11 is 0. The number of urea groups is 1. The zero-order chi connectivity index (χ0) is 13.9. The second-order valence-corrected chi connectivity index (χ2v) is 4.30. The predicted molar refractivity (Wildman–Crippen MR) is 73.1 cm³/mol. The molecule has 0 bridgehead atoms. The number of anilines is 1. The van der Waals surface area contributed by atoms with Crippen LogP contribution in [-0.2, 0) is 13.6 Å². The van der Waals surface area contributed by atoms with Crippen LogP contribution in [0.2, 0.25) is 0 Å². The third-order valence-electron chi connectivity index (χ3n) is 2.87. The lowest BCUT2D eigenvalue weighted by atomic mass is 10.3. The summed E-state index contributed by atoms with van der Waals surface area (Å²) in [5.41, 5.74) is 2.30. The fourth-order valence-corrected chi connectivity index (χ4v) is 1.87. The zero-order valence-corrected chi connectivity index (χ0v) is 10.8. The molecule has 0 aliphatic heterocycles. The summed E-state index contributed by atoms with van der Waals surface area (Å²) in [5, 5.41) is 13.3. The highest BCUT2D eigenvalue weighted by Crippen LogP contribution is 2.16. The zero-order valence-electron chi connectivity index (χ0n) is 10.8. The molecule has 2 N–H and O–H groups in total. The highest BCUT2D eigenvalue weighted by atomic mass is 16.3. The van der Waals surface area contributed by atoms with Crippen LogP contribution < -0.4 is 10.6 Å². The largest absolute Gasteiger partial charge is 0.467 e. The molecule has 2 amide bonds. The predicted octanol–water partition coefficient (Wildman–Crippen LogP) is 1.88. The van der Waals surface area contributed by atoms with Crippen molar-refractivity contribution in [3.05, 3.63) is 42.4 Å². The second kappa shape index (κ2) is 5.04. The number of fused-ring (bicyclic) bond motifs is 1. The van der Waals surface area contributed by atoms with Gasteiger partial charge in [0.05, 0.1) is 18.3 Å². The number of amides is 2. The van der Waals surface area contributed by atoms with Gasteiger partial charge in [-0.2, -0.15) is 0 Å². The summed E-state index contributed by atoms with van der Waals surface area (Å²) in [6.45, 7) is 0.340. The summed E-state index contributed by atoms with van der Waals surface area (Å²) in [6, 6.07) is 8.71. The Balaban J connectivity index is 1.64. The molecule has 1 aromatic carbocycles. The van der Waals surface area contributed by atoms with Crippen LogP contribution in [0, 0.1) is 0 Å². The minimum atomic E-state index is -0.301. The molecule has 0 spiro atoms. The van der Waals surface area contributed by atoms with Gasteiger partial charge < -0.3 is 15.1 Å². The third-order valence-corrected chi connectivity index (χ3v) is 2.87. The first-order valence-corrected chi connectivity index (χ1v) is 6.09. The summed E-state index contributed by atoms with van der Waals surface area (Å²) in [5.74, 6) is 0.699. The van der Waals surface area contributed by atoms with Crippen molar-refractivity contribution >= 4 is 22.8 Å². The van der Waals surface area contributed by atoms with E-state index >= 15 is 0 Å². The van der Waals surface area contributed by atoms with E-state index in [9.17, 15) is 4.79 Å². The van der Waals surface area contributed by atoms with Crippen molar-refractivity contribution < 1.29 is 9.21 Å². The molecular weight excluding hydrogens is 258 g/mol. The first-order chi connectivity index (χ1) is 9.72. The molecule has 0 fully saturated rings. The lowest BCUT2D eigenvalue weighted by Gasteiger charge is -2.06. The Labute approximate surface area is 114 Å². The normalized spacial score (nSPS) is 10.7. The Morgan fingerprint density at radius 2 is 2.30 bits per heavy atom. The van der Waals surface area contributed by atoms with E-state index in [1.54, 1.807) is 35.2 Å². The Hall–Kier alpha value is -2.83. The number of rotatable bonds is 3. The molecule has 0 aliphatic carbocycles. The van der Waals surface area contributed by atoms with Gasteiger partial charge >= 0.3 is 6.03 Å². The van der Waals surface area contributed by atoms with E-state index in [-0.39, 0.29) is 6.03 Å². The van der Waals surface area contributed by atoms with Crippen molar-refractivity contribution in [2.45, 2.75) is 6.54 Å². The lowest BCUT2D eigenvalue weighted by molar-refractivity contribution is 0.251. The fourth-order valence-electron chi connectivity index (χ4n) is 1.87. The van der Waals surface area contributed by atoms with Gasteiger partial charge in [0.1, 0.15) is 11.3 Å². The number of hydrogen-bond donors (Lipinski definition) is 2. The lowest BCUT2D eigenvalue weighted by Crippen LogP contribution is -2.27. The molecule has 0 aliphatic rings. The average molecular weight is 271 g/mol. The van der Waals surface area contributed by atoms with Crippen LogP contribution in [0.25, 0.3) is 11.0 Å². The number of carbonyl (C=O) groups excluding carboxylic acids is 1. The van der Waals surface area contributed by atoms with Gasteiger partial charge in [-0.15, -0.1) is 5.10 Å². The van der Waals surface area contributed by atoms with E-state index in [1.807, 2.05) is 13.1 Å². The minimum absolute atomic E-state index is 0.301. The summed E-state index contributed by atoms with van der Waals surface area (Å²) < 4.78 is 6.81. The van der Waals surface area contributed by atoms with Crippen molar-refractivity contribution in [2.75, 3.05) is 5.32 Å². The Kier molecular flexibility index (Phi) is 3.08. The van der Waals surface area contributed by atoms with E-state index in [0.717, 1.165) is 11.0 Å². The first kappa shape index (κ1) is 12.2. The van der Waals surface area contributed by atoms with Gasteiger partial charge in [-0.3, -0.25) is 0 Å². The Morgan fingerprint density at radius 1 is 1.40 bits per heavy atom. The van der Waals surface area contributed by atoms with E-state index in [2.05, 4.69) is 20.9 Å². The third kappa shape index (κ3) is 2.46. The summed E-state index contributed by atoms with van der Waals surface area (Å²) in [6.07, 6.45) is 1.57. The quantitative estimate of drug-likeness (QED) is 0.761. The first-order valence-electron chi connectivity index (χ1n) is 6.09. The minimum Gasteiger partial charge on any atom is -0.467 e. The van der Waals surface area contributed by atoms with Crippen molar-refractivity contribution in [1.29, 1.82) is 0 Å². The second-order valence-electron chi connectivity index (χ2n) is 4.30.